The minimum atomic E-state index is -1.05. The predicted octanol–water partition coefficient (Wildman–Crippen LogP) is 2.97. The second-order valence-electron chi connectivity index (χ2n) is 6.23. The molecule has 0 saturated heterocycles. The van der Waals surface area contributed by atoms with E-state index in [-0.39, 0.29) is 29.1 Å². The second kappa shape index (κ2) is 6.43. The summed E-state index contributed by atoms with van der Waals surface area (Å²) in [5.74, 6) is -1.41. The van der Waals surface area contributed by atoms with Crippen molar-refractivity contribution in [3.8, 4) is 0 Å². The zero-order valence-electron chi connectivity index (χ0n) is 13.0. The standard InChI is InChI=1S/C15H21ClN2O3/c1-9(2)18(8-13(19)20)14(21)10-6-11(15(3,4)5)17-12(16)7-10/h6-7,9H,8H2,1-5H3,(H,19,20). The first kappa shape index (κ1) is 17.4. The number of aliphatic carboxylic acids is 1. The van der Waals surface area contributed by atoms with Crippen molar-refractivity contribution < 1.29 is 14.7 Å². The maximum atomic E-state index is 12.5. The summed E-state index contributed by atoms with van der Waals surface area (Å²) in [6.45, 7) is 9.11. The Labute approximate surface area is 129 Å². The number of rotatable bonds is 4. The molecule has 21 heavy (non-hydrogen) atoms. The highest BCUT2D eigenvalue weighted by Gasteiger charge is 2.24. The number of amides is 1. The Kier molecular flexibility index (Phi) is 5.34. The van der Waals surface area contributed by atoms with Crippen LogP contribution in [0.25, 0.3) is 0 Å². The van der Waals surface area contributed by atoms with Crippen LogP contribution < -0.4 is 0 Å². The summed E-state index contributed by atoms with van der Waals surface area (Å²) in [6.07, 6.45) is 0. The van der Waals surface area contributed by atoms with Crippen LogP contribution in [0.2, 0.25) is 5.15 Å². The summed E-state index contributed by atoms with van der Waals surface area (Å²) in [6, 6.07) is 2.92. The van der Waals surface area contributed by atoms with Crippen molar-refractivity contribution in [2.75, 3.05) is 6.54 Å². The van der Waals surface area contributed by atoms with Gasteiger partial charge in [0.1, 0.15) is 11.7 Å². The lowest BCUT2D eigenvalue weighted by Gasteiger charge is -2.26. The molecule has 1 heterocycles. The number of halogens is 1. The number of hydrogen-bond acceptors (Lipinski definition) is 3. The molecule has 1 aromatic rings. The van der Waals surface area contributed by atoms with Gasteiger partial charge in [0.15, 0.2) is 0 Å². The van der Waals surface area contributed by atoms with Crippen LogP contribution in [-0.2, 0) is 10.2 Å². The highest BCUT2D eigenvalue weighted by atomic mass is 35.5. The molecule has 0 aliphatic rings. The van der Waals surface area contributed by atoms with Gasteiger partial charge in [0.2, 0.25) is 0 Å². The lowest BCUT2D eigenvalue weighted by Crippen LogP contribution is -2.40. The van der Waals surface area contributed by atoms with Gasteiger partial charge in [-0.1, -0.05) is 32.4 Å². The Balaban J connectivity index is 3.22. The van der Waals surface area contributed by atoms with Crippen LogP contribution in [0.3, 0.4) is 0 Å². The summed E-state index contributed by atoms with van der Waals surface area (Å²) in [5.41, 5.74) is 0.794. The topological polar surface area (TPSA) is 70.5 Å². The lowest BCUT2D eigenvalue weighted by molar-refractivity contribution is -0.138. The van der Waals surface area contributed by atoms with Gasteiger partial charge in [0.05, 0.1) is 0 Å². The molecule has 0 unspecified atom stereocenters. The molecule has 1 aromatic heterocycles. The summed E-state index contributed by atoms with van der Waals surface area (Å²) in [4.78, 5) is 29.0. The summed E-state index contributed by atoms with van der Waals surface area (Å²) < 4.78 is 0. The van der Waals surface area contributed by atoms with Gasteiger partial charge in [-0.3, -0.25) is 9.59 Å². The Morgan fingerprint density at radius 2 is 1.90 bits per heavy atom. The SMILES string of the molecule is CC(C)N(CC(=O)O)C(=O)c1cc(Cl)nc(C(C)(C)C)c1. The van der Waals surface area contributed by atoms with E-state index < -0.39 is 5.97 Å². The fourth-order valence-corrected chi connectivity index (χ4v) is 2.01. The van der Waals surface area contributed by atoms with Crippen molar-refractivity contribution in [1.82, 2.24) is 9.88 Å². The molecular weight excluding hydrogens is 292 g/mol. The van der Waals surface area contributed by atoms with Gasteiger partial charge >= 0.3 is 5.97 Å². The number of carbonyl (C=O) groups is 2. The van der Waals surface area contributed by atoms with Gasteiger partial charge in [-0.25, -0.2) is 4.98 Å². The first-order valence-corrected chi connectivity index (χ1v) is 7.11. The number of hydrogen-bond donors (Lipinski definition) is 1. The molecule has 5 nitrogen and oxygen atoms in total. The molecule has 0 aromatic carbocycles. The Morgan fingerprint density at radius 1 is 1.33 bits per heavy atom. The molecule has 6 heteroatoms. The van der Waals surface area contributed by atoms with E-state index in [1.165, 1.54) is 11.0 Å². The number of nitrogens with zero attached hydrogens (tertiary/aromatic N) is 2. The largest absolute Gasteiger partial charge is 0.480 e. The van der Waals surface area contributed by atoms with Gasteiger partial charge in [-0.15, -0.1) is 0 Å². The molecular formula is C15H21ClN2O3. The molecule has 0 aliphatic heterocycles. The molecule has 0 atom stereocenters. The maximum absolute atomic E-state index is 12.5. The van der Waals surface area contributed by atoms with E-state index in [2.05, 4.69) is 4.98 Å². The lowest BCUT2D eigenvalue weighted by atomic mass is 9.90. The van der Waals surface area contributed by atoms with Crippen molar-refractivity contribution >= 4 is 23.5 Å². The molecule has 0 spiro atoms. The van der Waals surface area contributed by atoms with Crippen LogP contribution >= 0.6 is 11.6 Å². The van der Waals surface area contributed by atoms with Crippen molar-refractivity contribution in [1.29, 1.82) is 0 Å². The summed E-state index contributed by atoms with van der Waals surface area (Å²) in [7, 11) is 0. The molecule has 0 saturated carbocycles. The van der Waals surface area contributed by atoms with Crippen LogP contribution in [0.1, 0.15) is 50.7 Å². The number of carbonyl (C=O) groups excluding carboxylic acids is 1. The molecule has 0 aliphatic carbocycles. The Bertz CT molecular complexity index is 550. The van der Waals surface area contributed by atoms with Crippen LogP contribution in [0.5, 0.6) is 0 Å². The fraction of sp³-hybridized carbons (Fsp3) is 0.533. The van der Waals surface area contributed by atoms with Gasteiger partial charge in [0, 0.05) is 22.7 Å². The van der Waals surface area contributed by atoms with Gasteiger partial charge in [-0.05, 0) is 26.0 Å². The van der Waals surface area contributed by atoms with E-state index in [0.717, 1.165) is 0 Å². The Hall–Kier alpha value is -1.62. The van der Waals surface area contributed by atoms with Crippen molar-refractivity contribution in [2.24, 2.45) is 0 Å². The van der Waals surface area contributed by atoms with Crippen molar-refractivity contribution in [3.05, 3.63) is 28.5 Å². The zero-order chi connectivity index (χ0) is 16.4. The monoisotopic (exact) mass is 312 g/mol. The highest BCUT2D eigenvalue weighted by molar-refractivity contribution is 6.29. The molecule has 1 N–H and O–H groups in total. The van der Waals surface area contributed by atoms with E-state index in [4.69, 9.17) is 16.7 Å². The van der Waals surface area contributed by atoms with Gasteiger partial charge in [-0.2, -0.15) is 0 Å². The zero-order valence-corrected chi connectivity index (χ0v) is 13.7. The van der Waals surface area contributed by atoms with Crippen molar-refractivity contribution in [3.63, 3.8) is 0 Å². The molecule has 1 amide bonds. The van der Waals surface area contributed by atoms with Gasteiger partial charge < -0.3 is 10.0 Å². The van der Waals surface area contributed by atoms with E-state index in [1.54, 1.807) is 19.9 Å². The molecule has 1 rings (SSSR count). The quantitative estimate of drug-likeness (QED) is 0.868. The average molecular weight is 313 g/mol. The normalized spacial score (nSPS) is 11.6. The van der Waals surface area contributed by atoms with Gasteiger partial charge in [0.25, 0.3) is 5.91 Å². The third-order valence-corrected chi connectivity index (χ3v) is 3.19. The minimum absolute atomic E-state index is 0.223. The van der Waals surface area contributed by atoms with E-state index in [0.29, 0.717) is 11.3 Å². The maximum Gasteiger partial charge on any atom is 0.323 e. The van der Waals surface area contributed by atoms with Crippen molar-refractivity contribution in [2.45, 2.75) is 46.1 Å². The first-order chi connectivity index (χ1) is 9.52. The number of aromatic nitrogens is 1. The molecule has 0 fully saturated rings. The minimum Gasteiger partial charge on any atom is -0.480 e. The summed E-state index contributed by atoms with van der Waals surface area (Å²) in [5, 5.41) is 9.16. The molecule has 0 bridgehead atoms. The number of pyridine rings is 1. The number of carboxylic acids is 1. The van der Waals surface area contributed by atoms with Crippen LogP contribution in [0, 0.1) is 0 Å². The van der Waals surface area contributed by atoms with Crippen LogP contribution in [0.4, 0.5) is 0 Å². The van der Waals surface area contributed by atoms with E-state index >= 15 is 0 Å². The fourth-order valence-electron chi connectivity index (χ4n) is 1.81. The smallest absolute Gasteiger partial charge is 0.323 e. The predicted molar refractivity (Wildman–Crippen MR) is 81.8 cm³/mol. The van der Waals surface area contributed by atoms with E-state index in [1.807, 2.05) is 20.8 Å². The third kappa shape index (κ3) is 4.70. The summed E-state index contributed by atoms with van der Waals surface area (Å²) >= 11 is 5.99. The first-order valence-electron chi connectivity index (χ1n) is 6.73. The highest BCUT2D eigenvalue weighted by Crippen LogP contribution is 2.24. The third-order valence-electron chi connectivity index (χ3n) is 3.00. The second-order valence-corrected chi connectivity index (χ2v) is 6.62. The Morgan fingerprint density at radius 3 is 2.33 bits per heavy atom. The number of carboxylic acid groups (broad SMARTS) is 1. The van der Waals surface area contributed by atoms with Crippen LogP contribution in [-0.4, -0.2) is 39.5 Å². The molecule has 116 valence electrons. The van der Waals surface area contributed by atoms with Crippen LogP contribution in [0.15, 0.2) is 12.1 Å². The average Bonchev–Trinajstić information content (AvgIpc) is 2.32. The van der Waals surface area contributed by atoms with E-state index in [9.17, 15) is 9.59 Å². The molecule has 0 radical (unpaired) electrons.